The first-order valence-electron chi connectivity index (χ1n) is 8.78. The number of furan rings is 1. The lowest BCUT2D eigenvalue weighted by atomic mass is 10.2. The Morgan fingerprint density at radius 1 is 1.23 bits per heavy atom. The Labute approximate surface area is 156 Å². The van der Waals surface area contributed by atoms with Crippen LogP contribution in [0.25, 0.3) is 6.08 Å². The highest BCUT2D eigenvalue weighted by Gasteiger charge is 2.36. The number of hydrogen-bond acceptors (Lipinski definition) is 4. The Bertz CT molecular complexity index is 857. The molecule has 136 valence electrons. The largest absolute Gasteiger partial charge is 0.490 e. The third kappa shape index (κ3) is 3.73. The van der Waals surface area contributed by atoms with Gasteiger partial charge in [-0.25, -0.2) is 0 Å². The predicted molar refractivity (Wildman–Crippen MR) is 100.0 cm³/mol. The first-order valence-corrected chi connectivity index (χ1v) is 9.16. The Morgan fingerprint density at radius 3 is 2.69 bits per heavy atom. The second-order valence-corrected chi connectivity index (χ2v) is 7.12. The molecule has 26 heavy (non-hydrogen) atoms. The molecule has 1 amide bonds. The standard InChI is InChI=1S/C20H20ClNO4/c1-12-9-14(12)17-5-3-13(26-17)4-6-20(23)22-16-11-19-18(10-15(16)21)24-7-2-8-25-19/h3-6,10-12,14H,2,7-9H2,1H3,(H,22,23)/b6-4+. The minimum absolute atomic E-state index is 0.292. The quantitative estimate of drug-likeness (QED) is 0.777. The zero-order valence-corrected chi connectivity index (χ0v) is 15.2. The summed E-state index contributed by atoms with van der Waals surface area (Å²) in [7, 11) is 0. The number of ether oxygens (including phenoxy) is 2. The molecule has 1 fully saturated rings. The number of rotatable bonds is 4. The van der Waals surface area contributed by atoms with Crippen LogP contribution < -0.4 is 14.8 Å². The fourth-order valence-corrected chi connectivity index (χ4v) is 3.19. The third-order valence-corrected chi connectivity index (χ3v) is 4.93. The van der Waals surface area contributed by atoms with Gasteiger partial charge < -0.3 is 19.2 Å². The fourth-order valence-electron chi connectivity index (χ4n) is 2.99. The lowest BCUT2D eigenvalue weighted by Crippen LogP contribution is -2.08. The molecule has 1 N–H and O–H groups in total. The fraction of sp³-hybridized carbons (Fsp3) is 0.350. The van der Waals surface area contributed by atoms with Crippen LogP contribution >= 0.6 is 11.6 Å². The molecule has 0 radical (unpaired) electrons. The number of amides is 1. The van der Waals surface area contributed by atoms with Crippen LogP contribution in [0.3, 0.4) is 0 Å². The molecular weight excluding hydrogens is 354 g/mol. The van der Waals surface area contributed by atoms with Crippen molar-refractivity contribution in [3.63, 3.8) is 0 Å². The molecule has 2 aromatic rings. The lowest BCUT2D eigenvalue weighted by molar-refractivity contribution is -0.111. The molecule has 5 nitrogen and oxygen atoms in total. The van der Waals surface area contributed by atoms with E-state index in [1.165, 1.54) is 12.5 Å². The number of halogens is 1. The molecule has 0 bridgehead atoms. The maximum absolute atomic E-state index is 12.2. The maximum atomic E-state index is 12.2. The van der Waals surface area contributed by atoms with Gasteiger partial charge in [0, 0.05) is 30.5 Å². The zero-order valence-electron chi connectivity index (χ0n) is 14.5. The van der Waals surface area contributed by atoms with E-state index in [2.05, 4.69) is 12.2 Å². The average Bonchev–Trinajstić information content (AvgIpc) is 3.23. The molecule has 0 spiro atoms. The second-order valence-electron chi connectivity index (χ2n) is 6.71. The topological polar surface area (TPSA) is 60.7 Å². The van der Waals surface area contributed by atoms with Gasteiger partial charge in [-0.1, -0.05) is 18.5 Å². The number of fused-ring (bicyclic) bond motifs is 1. The molecular formula is C20H20ClNO4. The first-order chi connectivity index (χ1) is 12.6. The molecule has 2 atom stereocenters. The summed E-state index contributed by atoms with van der Waals surface area (Å²) >= 11 is 6.24. The highest BCUT2D eigenvalue weighted by molar-refractivity contribution is 6.34. The molecule has 2 unspecified atom stereocenters. The molecule has 2 heterocycles. The van der Waals surface area contributed by atoms with Crippen LogP contribution in [0.4, 0.5) is 5.69 Å². The van der Waals surface area contributed by atoms with E-state index in [9.17, 15) is 4.79 Å². The van der Waals surface area contributed by atoms with Crippen molar-refractivity contribution >= 4 is 29.3 Å². The van der Waals surface area contributed by atoms with Crippen LogP contribution in [-0.4, -0.2) is 19.1 Å². The van der Waals surface area contributed by atoms with Crippen molar-refractivity contribution in [1.29, 1.82) is 0 Å². The summed E-state index contributed by atoms with van der Waals surface area (Å²) in [6.07, 6.45) is 5.06. The average molecular weight is 374 g/mol. The van der Waals surface area contributed by atoms with Gasteiger partial charge in [0.1, 0.15) is 11.5 Å². The number of nitrogens with one attached hydrogen (secondary N) is 1. The van der Waals surface area contributed by atoms with Crippen molar-refractivity contribution in [3.8, 4) is 11.5 Å². The van der Waals surface area contributed by atoms with E-state index in [1.807, 2.05) is 12.1 Å². The van der Waals surface area contributed by atoms with E-state index in [1.54, 1.807) is 18.2 Å². The van der Waals surface area contributed by atoms with Gasteiger partial charge in [0.2, 0.25) is 5.91 Å². The zero-order chi connectivity index (χ0) is 18.1. The van der Waals surface area contributed by atoms with Gasteiger partial charge >= 0.3 is 0 Å². The summed E-state index contributed by atoms with van der Waals surface area (Å²) in [6, 6.07) is 7.21. The van der Waals surface area contributed by atoms with Crippen LogP contribution in [0.15, 0.2) is 34.8 Å². The molecule has 1 saturated carbocycles. The Kier molecular flexibility index (Phi) is 4.64. The number of anilines is 1. The van der Waals surface area contributed by atoms with Crippen molar-refractivity contribution in [2.45, 2.75) is 25.7 Å². The van der Waals surface area contributed by atoms with Gasteiger partial charge in [0.25, 0.3) is 0 Å². The van der Waals surface area contributed by atoms with E-state index in [0.717, 1.165) is 12.2 Å². The molecule has 6 heteroatoms. The molecule has 2 aliphatic rings. The van der Waals surface area contributed by atoms with Crippen LogP contribution in [0.2, 0.25) is 5.02 Å². The Hall–Kier alpha value is -2.40. The minimum Gasteiger partial charge on any atom is -0.490 e. The summed E-state index contributed by atoms with van der Waals surface area (Å²) < 4.78 is 17.0. The van der Waals surface area contributed by atoms with Crippen molar-refractivity contribution < 1.29 is 18.7 Å². The molecule has 1 aliphatic heterocycles. The summed E-state index contributed by atoms with van der Waals surface area (Å²) in [6.45, 7) is 3.36. The van der Waals surface area contributed by atoms with Crippen molar-refractivity contribution in [1.82, 2.24) is 0 Å². The lowest BCUT2D eigenvalue weighted by Gasteiger charge is -2.11. The van der Waals surface area contributed by atoms with Gasteiger partial charge in [-0.05, 0) is 30.5 Å². The molecule has 0 saturated heterocycles. The Morgan fingerprint density at radius 2 is 1.96 bits per heavy atom. The van der Waals surface area contributed by atoms with Crippen LogP contribution in [0.5, 0.6) is 11.5 Å². The maximum Gasteiger partial charge on any atom is 0.248 e. The van der Waals surface area contributed by atoms with Crippen LogP contribution in [0, 0.1) is 5.92 Å². The van der Waals surface area contributed by atoms with Crippen molar-refractivity contribution in [2.24, 2.45) is 5.92 Å². The normalized spacial score (nSPS) is 21.5. The van der Waals surface area contributed by atoms with E-state index in [-0.39, 0.29) is 5.91 Å². The summed E-state index contributed by atoms with van der Waals surface area (Å²) in [5.74, 6) is 3.75. The smallest absolute Gasteiger partial charge is 0.248 e. The summed E-state index contributed by atoms with van der Waals surface area (Å²) in [5, 5.41) is 3.17. The van der Waals surface area contributed by atoms with E-state index in [0.29, 0.717) is 53.0 Å². The van der Waals surface area contributed by atoms with Gasteiger partial charge in [-0.2, -0.15) is 0 Å². The highest BCUT2D eigenvalue weighted by Crippen LogP contribution is 2.47. The van der Waals surface area contributed by atoms with Crippen LogP contribution in [-0.2, 0) is 4.79 Å². The summed E-state index contributed by atoms with van der Waals surface area (Å²) in [5.41, 5.74) is 0.484. The SMILES string of the molecule is CC1CC1c1ccc(/C=C/C(=O)Nc2cc3c(cc2Cl)OCCCO3)o1. The Balaban J connectivity index is 1.43. The third-order valence-electron chi connectivity index (χ3n) is 4.62. The molecule has 1 aliphatic carbocycles. The number of carbonyl (C=O) groups is 1. The molecule has 1 aromatic heterocycles. The van der Waals surface area contributed by atoms with Gasteiger partial charge in [-0.15, -0.1) is 0 Å². The van der Waals surface area contributed by atoms with Gasteiger partial charge in [-0.3, -0.25) is 4.79 Å². The number of carbonyl (C=O) groups excluding carboxylic acids is 1. The van der Waals surface area contributed by atoms with Crippen molar-refractivity contribution in [3.05, 3.63) is 46.9 Å². The predicted octanol–water partition coefficient (Wildman–Crippen LogP) is 4.87. The number of hydrogen-bond donors (Lipinski definition) is 1. The van der Waals surface area contributed by atoms with E-state index in [4.69, 9.17) is 25.5 Å². The monoisotopic (exact) mass is 373 g/mol. The van der Waals surface area contributed by atoms with E-state index < -0.39 is 0 Å². The highest BCUT2D eigenvalue weighted by atomic mass is 35.5. The number of benzene rings is 1. The van der Waals surface area contributed by atoms with Gasteiger partial charge in [0.05, 0.1) is 23.9 Å². The van der Waals surface area contributed by atoms with Crippen LogP contribution in [0.1, 0.15) is 37.2 Å². The first kappa shape index (κ1) is 17.0. The van der Waals surface area contributed by atoms with Crippen molar-refractivity contribution in [2.75, 3.05) is 18.5 Å². The molecule has 1 aromatic carbocycles. The van der Waals surface area contributed by atoms with Gasteiger partial charge in [0.15, 0.2) is 11.5 Å². The second kappa shape index (κ2) is 7.08. The summed E-state index contributed by atoms with van der Waals surface area (Å²) in [4.78, 5) is 12.2. The molecule has 4 rings (SSSR count). The minimum atomic E-state index is -0.292. The van der Waals surface area contributed by atoms with E-state index >= 15 is 0 Å².